The van der Waals surface area contributed by atoms with Gasteiger partial charge in [0, 0.05) is 18.3 Å². The fourth-order valence-corrected chi connectivity index (χ4v) is 4.54. The first-order valence-corrected chi connectivity index (χ1v) is 11.7. The van der Waals surface area contributed by atoms with E-state index in [4.69, 9.17) is 11.6 Å². The van der Waals surface area contributed by atoms with Crippen LogP contribution in [0.4, 0.5) is 10.2 Å². The van der Waals surface area contributed by atoms with Crippen molar-refractivity contribution in [1.29, 1.82) is 0 Å². The average Bonchev–Trinajstić information content (AvgIpc) is 3.28. The molecule has 174 valence electrons. The van der Waals surface area contributed by atoms with Crippen LogP contribution in [0.5, 0.6) is 0 Å². The third kappa shape index (κ3) is 4.51. The van der Waals surface area contributed by atoms with Gasteiger partial charge in [-0.2, -0.15) is 0 Å². The number of nitrogens with zero attached hydrogens (tertiary/aromatic N) is 4. The lowest BCUT2D eigenvalue weighted by molar-refractivity contribution is -0.120. The summed E-state index contributed by atoms with van der Waals surface area (Å²) in [6.45, 7) is 3.56. The molecular formula is C25H24ClFN6O. The molecule has 2 aromatic carbocycles. The number of piperidine rings is 1. The molecule has 1 amide bonds. The Labute approximate surface area is 201 Å². The van der Waals surface area contributed by atoms with E-state index in [-0.39, 0.29) is 23.7 Å². The summed E-state index contributed by atoms with van der Waals surface area (Å²) < 4.78 is 15.5. The summed E-state index contributed by atoms with van der Waals surface area (Å²) in [5.41, 5.74) is 3.88. The molecule has 0 radical (unpaired) electrons. The van der Waals surface area contributed by atoms with Gasteiger partial charge in [0.1, 0.15) is 17.2 Å². The Hall–Kier alpha value is -3.36. The van der Waals surface area contributed by atoms with Gasteiger partial charge in [-0.15, -0.1) is 5.10 Å². The van der Waals surface area contributed by atoms with Crippen molar-refractivity contribution in [1.82, 2.24) is 25.3 Å². The third-order valence-corrected chi connectivity index (χ3v) is 6.56. The number of carbonyl (C=O) groups is 1. The summed E-state index contributed by atoms with van der Waals surface area (Å²) in [6, 6.07) is 13.7. The number of anilines is 1. The molecule has 7 nitrogen and oxygen atoms in total. The SMILES string of the molecule is C[C@H](c1cccc(F)c1)n1nnc2ccc(-c3cc(NC(=O)C4CCCNC4)ncc3Cl)cc21. The standard InChI is InChI=1S/C25H24ClFN6O/c1-15(16-4-2-6-19(27)10-16)33-23-11-17(7-8-22(23)31-32-33)20-12-24(29-14-21(20)26)30-25(34)18-5-3-9-28-13-18/h2,4,6-8,10-12,14-15,18,28H,3,5,9,13H2,1H3,(H,29,30,34)/t15-,18?/m1/s1. The van der Waals surface area contributed by atoms with Gasteiger partial charge >= 0.3 is 0 Å². The van der Waals surface area contributed by atoms with E-state index in [1.54, 1.807) is 23.0 Å². The minimum atomic E-state index is -0.295. The van der Waals surface area contributed by atoms with Crippen molar-refractivity contribution in [2.75, 3.05) is 18.4 Å². The molecule has 0 aliphatic carbocycles. The first kappa shape index (κ1) is 22.4. The lowest BCUT2D eigenvalue weighted by Crippen LogP contribution is -2.37. The number of amides is 1. The molecule has 1 saturated heterocycles. The molecule has 1 aliphatic rings. The second-order valence-corrected chi connectivity index (χ2v) is 8.96. The Kier molecular flexibility index (Phi) is 6.26. The lowest BCUT2D eigenvalue weighted by atomic mass is 9.99. The zero-order valence-corrected chi connectivity index (χ0v) is 19.4. The number of rotatable bonds is 5. The summed E-state index contributed by atoms with van der Waals surface area (Å²) in [5.74, 6) is 0.0387. The van der Waals surface area contributed by atoms with Crippen LogP contribution in [0.3, 0.4) is 0 Å². The Morgan fingerprint density at radius 3 is 2.94 bits per heavy atom. The Bertz CT molecular complexity index is 1350. The zero-order chi connectivity index (χ0) is 23.7. The van der Waals surface area contributed by atoms with Crippen molar-refractivity contribution in [3.05, 3.63) is 71.1 Å². The predicted molar refractivity (Wildman–Crippen MR) is 130 cm³/mol. The topological polar surface area (TPSA) is 84.7 Å². The fourth-order valence-electron chi connectivity index (χ4n) is 4.33. The zero-order valence-electron chi connectivity index (χ0n) is 18.6. The maximum Gasteiger partial charge on any atom is 0.229 e. The first-order chi connectivity index (χ1) is 16.5. The molecule has 2 aromatic heterocycles. The van der Waals surface area contributed by atoms with E-state index < -0.39 is 0 Å². The predicted octanol–water partition coefficient (Wildman–Crippen LogP) is 4.83. The van der Waals surface area contributed by atoms with Gasteiger partial charge in [0.25, 0.3) is 0 Å². The quantitative estimate of drug-likeness (QED) is 0.429. The molecule has 34 heavy (non-hydrogen) atoms. The molecule has 3 heterocycles. The molecule has 4 aromatic rings. The van der Waals surface area contributed by atoms with Gasteiger partial charge in [0.2, 0.25) is 5.91 Å². The highest BCUT2D eigenvalue weighted by Gasteiger charge is 2.22. The minimum absolute atomic E-state index is 0.0466. The van der Waals surface area contributed by atoms with Gasteiger partial charge in [0.05, 0.1) is 22.5 Å². The van der Waals surface area contributed by atoms with Gasteiger partial charge in [-0.05, 0) is 67.8 Å². The van der Waals surface area contributed by atoms with Crippen LogP contribution in [0.15, 0.2) is 54.7 Å². The average molecular weight is 479 g/mol. The molecule has 2 N–H and O–H groups in total. The fraction of sp³-hybridized carbons (Fsp3) is 0.280. The van der Waals surface area contributed by atoms with E-state index in [1.807, 2.05) is 31.2 Å². The number of pyridine rings is 1. The molecule has 0 spiro atoms. The molecule has 2 atom stereocenters. The summed E-state index contributed by atoms with van der Waals surface area (Å²) in [7, 11) is 0. The molecule has 0 saturated carbocycles. The van der Waals surface area contributed by atoms with E-state index in [0.717, 1.165) is 47.1 Å². The monoisotopic (exact) mass is 478 g/mol. The molecule has 1 unspecified atom stereocenters. The number of halogens is 2. The highest BCUT2D eigenvalue weighted by atomic mass is 35.5. The van der Waals surface area contributed by atoms with E-state index in [2.05, 4.69) is 25.9 Å². The van der Waals surface area contributed by atoms with Gasteiger partial charge < -0.3 is 10.6 Å². The highest BCUT2D eigenvalue weighted by Crippen LogP contribution is 2.32. The van der Waals surface area contributed by atoms with Crippen LogP contribution in [0.2, 0.25) is 5.02 Å². The summed E-state index contributed by atoms with van der Waals surface area (Å²) in [6.07, 6.45) is 3.38. The van der Waals surface area contributed by atoms with Gasteiger partial charge in [-0.1, -0.05) is 35.0 Å². The van der Waals surface area contributed by atoms with Crippen LogP contribution in [0.25, 0.3) is 22.2 Å². The van der Waals surface area contributed by atoms with Crippen molar-refractivity contribution in [3.8, 4) is 11.1 Å². The number of carbonyl (C=O) groups excluding carboxylic acids is 1. The van der Waals surface area contributed by atoms with Crippen LogP contribution >= 0.6 is 11.6 Å². The first-order valence-electron chi connectivity index (χ1n) is 11.3. The summed E-state index contributed by atoms with van der Waals surface area (Å²) in [4.78, 5) is 16.9. The Morgan fingerprint density at radius 2 is 2.15 bits per heavy atom. The van der Waals surface area contributed by atoms with Crippen molar-refractivity contribution in [2.24, 2.45) is 5.92 Å². The van der Waals surface area contributed by atoms with E-state index in [0.29, 0.717) is 17.4 Å². The number of aromatic nitrogens is 4. The molecular weight excluding hydrogens is 455 g/mol. The van der Waals surface area contributed by atoms with E-state index in [9.17, 15) is 9.18 Å². The van der Waals surface area contributed by atoms with E-state index in [1.165, 1.54) is 12.1 Å². The molecule has 0 bridgehead atoms. The smallest absolute Gasteiger partial charge is 0.229 e. The van der Waals surface area contributed by atoms with E-state index >= 15 is 0 Å². The maximum atomic E-state index is 13.8. The van der Waals surface area contributed by atoms with Crippen LogP contribution in [-0.2, 0) is 4.79 Å². The second kappa shape index (κ2) is 9.48. The van der Waals surface area contributed by atoms with Crippen molar-refractivity contribution < 1.29 is 9.18 Å². The van der Waals surface area contributed by atoms with Crippen LogP contribution in [0.1, 0.15) is 31.4 Å². The van der Waals surface area contributed by atoms with Gasteiger partial charge in [-0.25, -0.2) is 14.1 Å². The van der Waals surface area contributed by atoms with Crippen LogP contribution in [-0.4, -0.2) is 39.0 Å². The summed E-state index contributed by atoms with van der Waals surface area (Å²) in [5, 5.41) is 15.2. The van der Waals surface area contributed by atoms with Crippen molar-refractivity contribution in [3.63, 3.8) is 0 Å². The summed E-state index contributed by atoms with van der Waals surface area (Å²) >= 11 is 6.49. The van der Waals surface area contributed by atoms with Crippen molar-refractivity contribution in [2.45, 2.75) is 25.8 Å². The van der Waals surface area contributed by atoms with Crippen molar-refractivity contribution >= 4 is 34.4 Å². The number of fused-ring (bicyclic) bond motifs is 1. The normalized spacial score (nSPS) is 17.0. The number of hydrogen-bond acceptors (Lipinski definition) is 5. The molecule has 5 rings (SSSR count). The molecule has 1 aliphatic heterocycles. The Morgan fingerprint density at radius 1 is 1.26 bits per heavy atom. The van der Waals surface area contributed by atoms with Crippen LogP contribution in [0, 0.1) is 11.7 Å². The number of benzene rings is 2. The second-order valence-electron chi connectivity index (χ2n) is 8.55. The number of nitrogens with one attached hydrogen (secondary N) is 2. The largest absolute Gasteiger partial charge is 0.316 e. The molecule has 9 heteroatoms. The lowest BCUT2D eigenvalue weighted by Gasteiger charge is -2.21. The third-order valence-electron chi connectivity index (χ3n) is 6.25. The number of hydrogen-bond donors (Lipinski definition) is 2. The van der Waals surface area contributed by atoms with Crippen LogP contribution < -0.4 is 10.6 Å². The highest BCUT2D eigenvalue weighted by molar-refractivity contribution is 6.33. The minimum Gasteiger partial charge on any atom is -0.316 e. The molecule has 1 fully saturated rings. The Balaban J connectivity index is 1.46. The van der Waals surface area contributed by atoms with Gasteiger partial charge in [-0.3, -0.25) is 4.79 Å². The maximum absolute atomic E-state index is 13.8. The van der Waals surface area contributed by atoms with Gasteiger partial charge in [0.15, 0.2) is 0 Å².